The number of hydrogen-bond acceptors (Lipinski definition) is 3. The summed E-state index contributed by atoms with van der Waals surface area (Å²) in [5.41, 5.74) is 0. The third-order valence-electron chi connectivity index (χ3n) is 6.76. The van der Waals surface area contributed by atoms with E-state index in [-0.39, 0.29) is 11.8 Å². The van der Waals surface area contributed by atoms with E-state index >= 15 is 0 Å². The van der Waals surface area contributed by atoms with Crippen molar-refractivity contribution in [3.8, 4) is 11.8 Å². The van der Waals surface area contributed by atoms with Crippen LogP contribution < -0.4 is 5.32 Å². The number of likely N-dealkylation sites (tertiary alicyclic amines) is 1. The van der Waals surface area contributed by atoms with Crippen LogP contribution in [0.4, 0.5) is 0 Å². The van der Waals surface area contributed by atoms with Gasteiger partial charge in [0.2, 0.25) is 5.91 Å². The Hall–Kier alpha value is -2.09. The number of hydrogen-bond donors (Lipinski definition) is 2. The second-order valence-corrected chi connectivity index (χ2v) is 9.60. The van der Waals surface area contributed by atoms with Crippen molar-refractivity contribution in [3.63, 3.8) is 0 Å². The Kier molecular flexibility index (Phi) is 12.9. The summed E-state index contributed by atoms with van der Waals surface area (Å²) in [7, 11) is 0. The lowest BCUT2D eigenvalue weighted by Crippen LogP contribution is -2.43. The first-order chi connectivity index (χ1) is 16.0. The normalized spacial score (nSPS) is 24.8. The maximum atomic E-state index is 12.7. The number of aliphatic hydroxyl groups excluding tert-OH is 1. The molecule has 0 aromatic rings. The fourth-order valence-corrected chi connectivity index (χ4v) is 4.56. The quantitative estimate of drug-likeness (QED) is 0.328. The molecule has 0 spiro atoms. The zero-order chi connectivity index (χ0) is 23.9. The first kappa shape index (κ1) is 27.2. The molecule has 0 bridgehead atoms. The average Bonchev–Trinajstić information content (AvgIpc) is 2.82. The molecule has 4 nitrogen and oxygen atoms in total. The van der Waals surface area contributed by atoms with Crippen molar-refractivity contribution in [2.24, 2.45) is 23.7 Å². The van der Waals surface area contributed by atoms with E-state index < -0.39 is 6.10 Å². The molecular formula is C29H44N2O2. The highest BCUT2D eigenvalue weighted by Crippen LogP contribution is 2.24. The number of nitrogens with zero attached hydrogens (tertiary/aromatic N) is 1. The molecule has 1 amide bonds. The second kappa shape index (κ2) is 15.7. The van der Waals surface area contributed by atoms with Crippen molar-refractivity contribution in [2.45, 2.75) is 64.9 Å². The van der Waals surface area contributed by atoms with Gasteiger partial charge in [0, 0.05) is 38.4 Å². The third-order valence-corrected chi connectivity index (χ3v) is 6.76. The summed E-state index contributed by atoms with van der Waals surface area (Å²) >= 11 is 0. The molecule has 0 aromatic carbocycles. The van der Waals surface area contributed by atoms with Gasteiger partial charge in [-0.2, -0.15) is 0 Å². The van der Waals surface area contributed by atoms with E-state index in [1.165, 1.54) is 0 Å². The van der Waals surface area contributed by atoms with E-state index in [9.17, 15) is 9.90 Å². The second-order valence-electron chi connectivity index (χ2n) is 9.60. The monoisotopic (exact) mass is 452 g/mol. The smallest absolute Gasteiger partial charge is 0.224 e. The first-order valence-electron chi connectivity index (χ1n) is 12.8. The Balaban J connectivity index is 1.69. The van der Waals surface area contributed by atoms with E-state index in [1.54, 1.807) is 0 Å². The standard InChI is InChI=1S/C29H44N2O2/c1-4-6-16-27-22-31(21-19-24(27)3)23-28(32)18-20-30-29(33)26(12-5-2)17-11-10-15-25-13-8-7-9-14-25/h4,6-9,13,16,24-28,32H,1,5,12,14-15,17-23H2,2-3H3,(H,30,33)/b16-6-. The lowest BCUT2D eigenvalue weighted by atomic mass is 9.86. The number of carbonyl (C=O) groups is 1. The molecule has 33 heavy (non-hydrogen) atoms. The topological polar surface area (TPSA) is 52.6 Å². The molecule has 1 heterocycles. The fraction of sp³-hybridized carbons (Fsp3) is 0.621. The van der Waals surface area contributed by atoms with E-state index in [1.807, 2.05) is 12.2 Å². The molecule has 0 aromatic heterocycles. The minimum atomic E-state index is -0.426. The van der Waals surface area contributed by atoms with Gasteiger partial charge in [-0.05, 0) is 50.0 Å². The van der Waals surface area contributed by atoms with Crippen LogP contribution >= 0.6 is 0 Å². The molecule has 0 radical (unpaired) electrons. The van der Waals surface area contributed by atoms with Crippen molar-refractivity contribution >= 4 is 5.91 Å². The molecule has 2 aliphatic rings. The summed E-state index contributed by atoms with van der Waals surface area (Å²) in [6, 6.07) is 0. The van der Waals surface area contributed by atoms with Crippen LogP contribution in [0.1, 0.15) is 58.8 Å². The molecule has 1 fully saturated rings. The van der Waals surface area contributed by atoms with Gasteiger partial charge in [0.25, 0.3) is 0 Å². The number of allylic oxidation sites excluding steroid dienone is 6. The number of β-amino-alcohol motifs (C(OH)–C–C–N with tert-alkyl or cyclic N) is 1. The van der Waals surface area contributed by atoms with Crippen LogP contribution in [0.25, 0.3) is 0 Å². The molecular weight excluding hydrogens is 408 g/mol. The summed E-state index contributed by atoms with van der Waals surface area (Å²) in [5.74, 6) is 8.17. The molecule has 1 aliphatic heterocycles. The number of amides is 1. The van der Waals surface area contributed by atoms with E-state index in [4.69, 9.17) is 0 Å². The number of rotatable bonds is 12. The number of carbonyl (C=O) groups excluding carboxylic acids is 1. The summed E-state index contributed by atoms with van der Waals surface area (Å²) < 4.78 is 0. The number of aliphatic hydroxyl groups is 1. The zero-order valence-corrected chi connectivity index (χ0v) is 20.7. The Morgan fingerprint density at radius 1 is 1.33 bits per heavy atom. The van der Waals surface area contributed by atoms with Crippen molar-refractivity contribution in [1.82, 2.24) is 10.2 Å². The lowest BCUT2D eigenvalue weighted by Gasteiger charge is -2.36. The van der Waals surface area contributed by atoms with E-state index in [0.29, 0.717) is 43.7 Å². The SMILES string of the molecule is C=C/C=C\C1CN(CC(O)CCNC(=O)C(CC#CCC2C=CC=CC2)CCC)CCC1C. The molecule has 4 heteroatoms. The lowest BCUT2D eigenvalue weighted by molar-refractivity contribution is -0.125. The van der Waals surface area contributed by atoms with Crippen molar-refractivity contribution in [3.05, 3.63) is 49.1 Å². The average molecular weight is 453 g/mol. The van der Waals surface area contributed by atoms with Gasteiger partial charge < -0.3 is 15.3 Å². The Morgan fingerprint density at radius 3 is 2.91 bits per heavy atom. The molecule has 2 rings (SSSR count). The van der Waals surface area contributed by atoms with Crippen LogP contribution in [-0.2, 0) is 4.79 Å². The van der Waals surface area contributed by atoms with Crippen LogP contribution in [0, 0.1) is 35.5 Å². The summed E-state index contributed by atoms with van der Waals surface area (Å²) in [5, 5.41) is 13.6. The van der Waals surface area contributed by atoms with Gasteiger partial charge in [-0.25, -0.2) is 0 Å². The first-order valence-corrected chi connectivity index (χ1v) is 12.8. The summed E-state index contributed by atoms with van der Waals surface area (Å²) in [6.45, 7) is 11.3. The maximum Gasteiger partial charge on any atom is 0.224 e. The molecule has 0 saturated carbocycles. The summed E-state index contributed by atoms with van der Waals surface area (Å²) in [4.78, 5) is 15.0. The van der Waals surface area contributed by atoms with Crippen LogP contribution in [0.5, 0.6) is 0 Å². The van der Waals surface area contributed by atoms with Crippen LogP contribution in [0.2, 0.25) is 0 Å². The van der Waals surface area contributed by atoms with Crippen LogP contribution in [0.3, 0.4) is 0 Å². The predicted molar refractivity (Wildman–Crippen MR) is 138 cm³/mol. The third kappa shape index (κ3) is 10.6. The van der Waals surface area contributed by atoms with Crippen molar-refractivity contribution in [2.75, 3.05) is 26.2 Å². The molecule has 1 saturated heterocycles. The van der Waals surface area contributed by atoms with Gasteiger partial charge in [0.1, 0.15) is 0 Å². The zero-order valence-electron chi connectivity index (χ0n) is 20.7. The van der Waals surface area contributed by atoms with Gasteiger partial charge in [0.05, 0.1) is 6.10 Å². The highest BCUT2D eigenvalue weighted by atomic mass is 16.3. The Morgan fingerprint density at radius 2 is 2.18 bits per heavy atom. The number of nitrogens with one attached hydrogen (secondary N) is 1. The van der Waals surface area contributed by atoms with Gasteiger partial charge in [-0.1, -0.05) is 69.4 Å². The fourth-order valence-electron chi connectivity index (χ4n) is 4.56. The minimum Gasteiger partial charge on any atom is -0.392 e. The highest BCUT2D eigenvalue weighted by molar-refractivity contribution is 5.78. The van der Waals surface area contributed by atoms with Gasteiger partial charge in [-0.15, -0.1) is 11.8 Å². The van der Waals surface area contributed by atoms with Gasteiger partial charge >= 0.3 is 0 Å². The van der Waals surface area contributed by atoms with Crippen LogP contribution in [0.15, 0.2) is 49.1 Å². The molecule has 5 unspecified atom stereocenters. The number of piperidine rings is 1. The Bertz CT molecular complexity index is 742. The van der Waals surface area contributed by atoms with E-state index in [0.717, 1.165) is 45.2 Å². The Labute approximate surface area is 201 Å². The van der Waals surface area contributed by atoms with Crippen molar-refractivity contribution < 1.29 is 9.90 Å². The molecule has 5 atom stereocenters. The predicted octanol–water partition coefficient (Wildman–Crippen LogP) is 4.89. The largest absolute Gasteiger partial charge is 0.392 e. The van der Waals surface area contributed by atoms with Crippen molar-refractivity contribution in [1.29, 1.82) is 0 Å². The summed E-state index contributed by atoms with van der Waals surface area (Å²) in [6.07, 6.45) is 20.3. The van der Waals surface area contributed by atoms with Gasteiger partial charge in [0.15, 0.2) is 0 Å². The minimum absolute atomic E-state index is 0.0672. The van der Waals surface area contributed by atoms with Gasteiger partial charge in [-0.3, -0.25) is 4.79 Å². The van der Waals surface area contributed by atoms with Crippen LogP contribution in [-0.4, -0.2) is 48.2 Å². The molecule has 182 valence electrons. The van der Waals surface area contributed by atoms with E-state index in [2.05, 4.69) is 72.9 Å². The molecule has 1 aliphatic carbocycles. The molecule has 2 N–H and O–H groups in total. The highest BCUT2D eigenvalue weighted by Gasteiger charge is 2.25. The maximum absolute atomic E-state index is 12.7.